The van der Waals surface area contributed by atoms with Gasteiger partial charge in [0.25, 0.3) is 0 Å². The Morgan fingerprint density at radius 2 is 1.90 bits per heavy atom. The molecule has 2 aromatic rings. The molecule has 3 rings (SSSR count). The minimum absolute atomic E-state index is 0.460. The lowest BCUT2D eigenvalue weighted by molar-refractivity contribution is 0.269. The highest BCUT2D eigenvalue weighted by Gasteiger charge is 2.24. The standard InChI is InChI=1S/C18H25N3/c1-21-17(12-13-20-21)14-19-18(15-8-4-2-5-9-15)16-10-6-3-7-11-16/h2,4-5,8-9,12-13,16,18-19H,3,6-7,10-11,14H2,1H3. The SMILES string of the molecule is Cn1nccc1CNC(c1ccccc1)C1CCCCC1. The first-order valence-corrected chi connectivity index (χ1v) is 8.10. The fourth-order valence-corrected chi connectivity index (χ4v) is 3.47. The fraction of sp³-hybridized carbons (Fsp3) is 0.500. The van der Waals surface area contributed by atoms with E-state index in [-0.39, 0.29) is 0 Å². The monoisotopic (exact) mass is 283 g/mol. The van der Waals surface area contributed by atoms with Gasteiger partial charge in [0.2, 0.25) is 0 Å². The largest absolute Gasteiger partial charge is 0.304 e. The van der Waals surface area contributed by atoms with E-state index in [1.807, 2.05) is 17.9 Å². The second-order valence-corrected chi connectivity index (χ2v) is 6.11. The van der Waals surface area contributed by atoms with E-state index >= 15 is 0 Å². The lowest BCUT2D eigenvalue weighted by atomic mass is 9.81. The Balaban J connectivity index is 1.74. The highest BCUT2D eigenvalue weighted by Crippen LogP contribution is 2.34. The predicted octanol–water partition coefficient (Wildman–Crippen LogP) is 3.83. The van der Waals surface area contributed by atoms with Gasteiger partial charge in [-0.25, -0.2) is 0 Å². The van der Waals surface area contributed by atoms with Crippen LogP contribution < -0.4 is 5.32 Å². The molecule has 0 bridgehead atoms. The van der Waals surface area contributed by atoms with Crippen LogP contribution in [0, 0.1) is 5.92 Å². The molecule has 1 atom stereocenters. The van der Waals surface area contributed by atoms with Crippen molar-refractivity contribution in [1.82, 2.24) is 15.1 Å². The molecule has 21 heavy (non-hydrogen) atoms. The molecule has 0 aliphatic heterocycles. The van der Waals surface area contributed by atoms with Crippen LogP contribution in [0.3, 0.4) is 0 Å². The van der Waals surface area contributed by atoms with Gasteiger partial charge in [0.1, 0.15) is 0 Å². The Labute approximate surface area is 127 Å². The number of hydrogen-bond acceptors (Lipinski definition) is 2. The molecule has 0 saturated heterocycles. The van der Waals surface area contributed by atoms with E-state index in [9.17, 15) is 0 Å². The normalized spacial score (nSPS) is 17.8. The summed E-state index contributed by atoms with van der Waals surface area (Å²) in [6.45, 7) is 0.882. The summed E-state index contributed by atoms with van der Waals surface area (Å²) in [5.74, 6) is 0.759. The zero-order valence-corrected chi connectivity index (χ0v) is 12.8. The molecule has 3 nitrogen and oxygen atoms in total. The third-order valence-corrected chi connectivity index (χ3v) is 4.71. The molecule has 3 heteroatoms. The molecule has 0 amide bonds. The van der Waals surface area contributed by atoms with Crippen molar-refractivity contribution in [2.24, 2.45) is 13.0 Å². The van der Waals surface area contributed by atoms with Gasteiger partial charge in [0.15, 0.2) is 0 Å². The summed E-state index contributed by atoms with van der Waals surface area (Å²) in [6.07, 6.45) is 8.72. The number of aromatic nitrogens is 2. The number of hydrogen-bond donors (Lipinski definition) is 1. The van der Waals surface area contributed by atoms with Crippen LogP contribution in [-0.2, 0) is 13.6 Å². The third kappa shape index (κ3) is 3.53. The van der Waals surface area contributed by atoms with Crippen molar-refractivity contribution >= 4 is 0 Å². The maximum atomic E-state index is 4.26. The van der Waals surface area contributed by atoms with Crippen molar-refractivity contribution in [1.29, 1.82) is 0 Å². The Morgan fingerprint density at radius 3 is 2.57 bits per heavy atom. The minimum atomic E-state index is 0.460. The number of nitrogens with zero attached hydrogens (tertiary/aromatic N) is 2. The van der Waals surface area contributed by atoms with E-state index in [2.05, 4.69) is 46.8 Å². The Morgan fingerprint density at radius 1 is 1.14 bits per heavy atom. The van der Waals surface area contributed by atoms with Gasteiger partial charge in [0.05, 0.1) is 5.69 Å². The van der Waals surface area contributed by atoms with Crippen molar-refractivity contribution < 1.29 is 0 Å². The van der Waals surface area contributed by atoms with E-state index in [4.69, 9.17) is 0 Å². The number of aryl methyl sites for hydroxylation is 1. The zero-order chi connectivity index (χ0) is 14.5. The Kier molecular flexibility index (Phi) is 4.71. The van der Waals surface area contributed by atoms with Crippen LogP contribution in [0.15, 0.2) is 42.6 Å². The average Bonchev–Trinajstić information content (AvgIpc) is 2.95. The van der Waals surface area contributed by atoms with E-state index < -0.39 is 0 Å². The molecule has 112 valence electrons. The lowest BCUT2D eigenvalue weighted by Crippen LogP contribution is -2.30. The average molecular weight is 283 g/mol. The summed E-state index contributed by atoms with van der Waals surface area (Å²) in [5, 5.41) is 8.04. The van der Waals surface area contributed by atoms with Gasteiger partial charge in [-0.15, -0.1) is 0 Å². The number of nitrogens with one attached hydrogen (secondary N) is 1. The third-order valence-electron chi connectivity index (χ3n) is 4.71. The van der Waals surface area contributed by atoms with Crippen LogP contribution in [0.2, 0.25) is 0 Å². The van der Waals surface area contributed by atoms with Crippen LogP contribution >= 0.6 is 0 Å². The van der Waals surface area contributed by atoms with Crippen molar-refractivity contribution in [3.05, 3.63) is 53.9 Å². The smallest absolute Gasteiger partial charge is 0.0518 e. The topological polar surface area (TPSA) is 29.9 Å². The van der Waals surface area contributed by atoms with Gasteiger partial charge in [0, 0.05) is 25.8 Å². The van der Waals surface area contributed by atoms with E-state index in [0.29, 0.717) is 6.04 Å². The van der Waals surface area contributed by atoms with Crippen molar-refractivity contribution in [3.63, 3.8) is 0 Å². The molecule has 1 aromatic carbocycles. The molecular weight excluding hydrogens is 258 g/mol. The summed E-state index contributed by atoms with van der Waals surface area (Å²) in [4.78, 5) is 0. The van der Waals surface area contributed by atoms with Crippen LogP contribution in [0.5, 0.6) is 0 Å². The van der Waals surface area contributed by atoms with E-state index in [1.165, 1.54) is 43.4 Å². The fourth-order valence-electron chi connectivity index (χ4n) is 3.47. The van der Waals surface area contributed by atoms with Crippen LogP contribution in [0.1, 0.15) is 49.4 Å². The van der Waals surface area contributed by atoms with Gasteiger partial charge in [-0.05, 0) is 30.4 Å². The van der Waals surface area contributed by atoms with Gasteiger partial charge < -0.3 is 5.32 Å². The van der Waals surface area contributed by atoms with Gasteiger partial charge >= 0.3 is 0 Å². The first-order valence-electron chi connectivity index (χ1n) is 8.10. The zero-order valence-electron chi connectivity index (χ0n) is 12.8. The summed E-state index contributed by atoms with van der Waals surface area (Å²) in [6, 6.07) is 13.5. The second-order valence-electron chi connectivity index (χ2n) is 6.11. The highest BCUT2D eigenvalue weighted by atomic mass is 15.3. The maximum Gasteiger partial charge on any atom is 0.0518 e. The van der Waals surface area contributed by atoms with Crippen LogP contribution in [0.25, 0.3) is 0 Å². The lowest BCUT2D eigenvalue weighted by Gasteiger charge is -2.31. The quantitative estimate of drug-likeness (QED) is 0.903. The Bertz CT molecular complexity index is 541. The minimum Gasteiger partial charge on any atom is -0.304 e. The first kappa shape index (κ1) is 14.3. The van der Waals surface area contributed by atoms with E-state index in [1.54, 1.807) is 0 Å². The molecule has 0 spiro atoms. The number of benzene rings is 1. The van der Waals surface area contributed by atoms with E-state index in [0.717, 1.165) is 12.5 Å². The summed E-state index contributed by atoms with van der Waals surface area (Å²) < 4.78 is 1.95. The van der Waals surface area contributed by atoms with Gasteiger partial charge in [-0.3, -0.25) is 4.68 Å². The molecule has 1 fully saturated rings. The maximum absolute atomic E-state index is 4.26. The summed E-state index contributed by atoms with van der Waals surface area (Å²) in [5.41, 5.74) is 2.67. The first-order chi connectivity index (χ1) is 10.3. The molecular formula is C18H25N3. The number of rotatable bonds is 5. The van der Waals surface area contributed by atoms with Crippen molar-refractivity contribution in [2.75, 3.05) is 0 Å². The predicted molar refractivity (Wildman–Crippen MR) is 85.8 cm³/mol. The second kappa shape index (κ2) is 6.90. The van der Waals surface area contributed by atoms with Crippen molar-refractivity contribution in [2.45, 2.75) is 44.7 Å². The molecule has 1 saturated carbocycles. The van der Waals surface area contributed by atoms with Crippen LogP contribution in [-0.4, -0.2) is 9.78 Å². The van der Waals surface area contributed by atoms with Crippen molar-refractivity contribution in [3.8, 4) is 0 Å². The molecule has 1 aliphatic rings. The molecule has 1 aliphatic carbocycles. The van der Waals surface area contributed by atoms with Gasteiger partial charge in [-0.2, -0.15) is 5.10 Å². The molecule has 1 unspecified atom stereocenters. The summed E-state index contributed by atoms with van der Waals surface area (Å²) in [7, 11) is 2.01. The highest BCUT2D eigenvalue weighted by molar-refractivity contribution is 5.20. The molecule has 1 aromatic heterocycles. The van der Waals surface area contributed by atoms with Gasteiger partial charge in [-0.1, -0.05) is 49.6 Å². The van der Waals surface area contributed by atoms with Crippen LogP contribution in [0.4, 0.5) is 0 Å². The Hall–Kier alpha value is -1.61. The molecule has 1 N–H and O–H groups in total. The summed E-state index contributed by atoms with van der Waals surface area (Å²) >= 11 is 0. The molecule has 0 radical (unpaired) electrons. The molecule has 1 heterocycles.